The molecule has 0 aromatic heterocycles. The summed E-state index contributed by atoms with van der Waals surface area (Å²) < 4.78 is 55.8. The monoisotopic (exact) mass is 283 g/mol. The highest BCUT2D eigenvalue weighted by atomic mass is 35.5. The quantitative estimate of drug-likeness (QED) is 0.803. The second-order valence-corrected chi connectivity index (χ2v) is 4.06. The normalized spacial score (nSPS) is 19.6. The molecule has 0 radical (unpaired) electrons. The molecule has 1 fully saturated rings. The van der Waals surface area contributed by atoms with Crippen LogP contribution in [0.2, 0.25) is 5.02 Å². The minimum atomic E-state index is -4.64. The molecule has 2 rings (SSSR count). The number of cyclic esters (lactones) is 1. The molecule has 1 heterocycles. The summed E-state index contributed by atoms with van der Waals surface area (Å²) >= 11 is 5.41. The summed E-state index contributed by atoms with van der Waals surface area (Å²) in [4.78, 5) is 10.8. The smallest absolute Gasteiger partial charge is 0.416 e. The van der Waals surface area contributed by atoms with Crippen molar-refractivity contribution in [2.75, 3.05) is 6.61 Å². The molecule has 1 aromatic carbocycles. The van der Waals surface area contributed by atoms with Crippen molar-refractivity contribution in [1.82, 2.24) is 5.32 Å². The zero-order valence-electron chi connectivity index (χ0n) is 8.65. The standard InChI is InChI=1S/C10H6ClF4NO2/c11-6-2-4(10(13,14)15)1-5(8(6)12)7-3-18-9(17)16-7/h1-2,7H,3H2,(H,16,17)/t7-/m0/s1. The summed E-state index contributed by atoms with van der Waals surface area (Å²) in [7, 11) is 0. The number of hydrogen-bond donors (Lipinski definition) is 1. The molecular formula is C10H6ClF4NO2. The molecule has 8 heteroatoms. The third-order valence-corrected chi connectivity index (χ3v) is 2.71. The van der Waals surface area contributed by atoms with Crippen LogP contribution in [-0.4, -0.2) is 12.7 Å². The van der Waals surface area contributed by atoms with Crippen LogP contribution in [0.25, 0.3) is 0 Å². The number of carbonyl (C=O) groups is 1. The van der Waals surface area contributed by atoms with E-state index in [1.54, 1.807) is 0 Å². The van der Waals surface area contributed by atoms with Crippen molar-refractivity contribution in [2.45, 2.75) is 12.2 Å². The van der Waals surface area contributed by atoms with Crippen LogP contribution in [0, 0.1) is 5.82 Å². The number of ether oxygens (including phenoxy) is 1. The predicted octanol–water partition coefficient (Wildman–Crippen LogP) is 3.28. The molecule has 0 bridgehead atoms. The number of hydrogen-bond acceptors (Lipinski definition) is 2. The van der Waals surface area contributed by atoms with Crippen molar-refractivity contribution in [3.63, 3.8) is 0 Å². The molecule has 0 aliphatic carbocycles. The Morgan fingerprint density at radius 3 is 2.56 bits per heavy atom. The molecule has 0 spiro atoms. The first kappa shape index (κ1) is 12.9. The van der Waals surface area contributed by atoms with E-state index in [4.69, 9.17) is 11.6 Å². The van der Waals surface area contributed by atoms with Gasteiger partial charge in [0.1, 0.15) is 12.4 Å². The van der Waals surface area contributed by atoms with Crippen LogP contribution in [0.4, 0.5) is 22.4 Å². The fourth-order valence-electron chi connectivity index (χ4n) is 1.58. The van der Waals surface area contributed by atoms with Crippen LogP contribution in [0.1, 0.15) is 17.2 Å². The van der Waals surface area contributed by atoms with Crippen LogP contribution in [0.3, 0.4) is 0 Å². The maximum absolute atomic E-state index is 13.6. The second kappa shape index (κ2) is 4.31. The summed E-state index contributed by atoms with van der Waals surface area (Å²) in [6.07, 6.45) is -5.46. The summed E-state index contributed by atoms with van der Waals surface area (Å²) in [5.41, 5.74) is -1.43. The largest absolute Gasteiger partial charge is 0.447 e. The Morgan fingerprint density at radius 1 is 1.39 bits per heavy atom. The van der Waals surface area contributed by atoms with Crippen molar-refractivity contribution in [2.24, 2.45) is 0 Å². The lowest BCUT2D eigenvalue weighted by molar-refractivity contribution is -0.137. The molecule has 1 atom stereocenters. The van der Waals surface area contributed by atoms with Crippen molar-refractivity contribution < 1.29 is 27.1 Å². The van der Waals surface area contributed by atoms with Gasteiger partial charge in [0.25, 0.3) is 0 Å². The topological polar surface area (TPSA) is 38.3 Å². The highest BCUT2D eigenvalue weighted by Crippen LogP contribution is 2.35. The lowest BCUT2D eigenvalue weighted by atomic mass is 10.0. The van der Waals surface area contributed by atoms with Gasteiger partial charge in [0.05, 0.1) is 16.6 Å². The Hall–Kier alpha value is -1.50. The minimum absolute atomic E-state index is 0.243. The molecular weight excluding hydrogens is 278 g/mol. The number of benzene rings is 1. The number of rotatable bonds is 1. The Labute approximate surface area is 104 Å². The summed E-state index contributed by atoms with van der Waals surface area (Å²) in [6.45, 7) is -0.243. The van der Waals surface area contributed by atoms with Crippen molar-refractivity contribution in [3.05, 3.63) is 34.1 Å². The van der Waals surface area contributed by atoms with E-state index >= 15 is 0 Å². The van der Waals surface area contributed by atoms with Crippen molar-refractivity contribution in [1.29, 1.82) is 0 Å². The van der Waals surface area contributed by atoms with E-state index < -0.39 is 34.7 Å². The van der Waals surface area contributed by atoms with E-state index in [0.29, 0.717) is 12.1 Å². The predicted molar refractivity (Wildman–Crippen MR) is 53.6 cm³/mol. The van der Waals surface area contributed by atoms with Gasteiger partial charge in [-0.3, -0.25) is 0 Å². The summed E-state index contributed by atoms with van der Waals surface area (Å²) in [6, 6.07) is 0.135. The van der Waals surface area contributed by atoms with Gasteiger partial charge >= 0.3 is 12.3 Å². The highest BCUT2D eigenvalue weighted by Gasteiger charge is 2.35. The van der Waals surface area contributed by atoms with Crippen LogP contribution in [-0.2, 0) is 10.9 Å². The molecule has 98 valence electrons. The molecule has 1 aromatic rings. The first-order chi connectivity index (χ1) is 8.29. The molecule has 1 saturated heterocycles. The zero-order valence-corrected chi connectivity index (χ0v) is 9.40. The maximum atomic E-state index is 13.6. The second-order valence-electron chi connectivity index (χ2n) is 3.65. The van der Waals surface area contributed by atoms with Gasteiger partial charge in [0.2, 0.25) is 0 Å². The van der Waals surface area contributed by atoms with Gasteiger partial charge in [-0.15, -0.1) is 0 Å². The van der Waals surface area contributed by atoms with Gasteiger partial charge in [-0.2, -0.15) is 13.2 Å². The lowest BCUT2D eigenvalue weighted by Gasteiger charge is -2.14. The van der Waals surface area contributed by atoms with Gasteiger partial charge in [0.15, 0.2) is 0 Å². The van der Waals surface area contributed by atoms with Crippen molar-refractivity contribution in [3.8, 4) is 0 Å². The SMILES string of the molecule is O=C1N[C@H](c2cc(C(F)(F)F)cc(Cl)c2F)CO1. The van der Waals surface area contributed by atoms with Crippen LogP contribution >= 0.6 is 11.6 Å². The first-order valence-electron chi connectivity index (χ1n) is 4.78. The van der Waals surface area contributed by atoms with E-state index in [2.05, 4.69) is 10.1 Å². The number of nitrogens with one attached hydrogen (secondary N) is 1. The van der Waals surface area contributed by atoms with Gasteiger partial charge in [0, 0.05) is 5.56 Å². The van der Waals surface area contributed by atoms with Gasteiger partial charge in [-0.1, -0.05) is 11.6 Å². The Bertz CT molecular complexity index is 503. The van der Waals surface area contributed by atoms with Gasteiger partial charge < -0.3 is 10.1 Å². The van der Waals surface area contributed by atoms with E-state index in [9.17, 15) is 22.4 Å². The van der Waals surface area contributed by atoms with Crippen LogP contribution in [0.5, 0.6) is 0 Å². The molecule has 0 saturated carbocycles. The number of amides is 1. The number of alkyl halides is 3. The fraction of sp³-hybridized carbons (Fsp3) is 0.300. The number of carbonyl (C=O) groups excluding carboxylic acids is 1. The average molecular weight is 284 g/mol. The Balaban J connectivity index is 2.46. The molecule has 1 aliphatic rings. The molecule has 18 heavy (non-hydrogen) atoms. The molecule has 0 unspecified atom stereocenters. The van der Waals surface area contributed by atoms with E-state index in [0.717, 1.165) is 0 Å². The van der Waals surface area contributed by atoms with E-state index in [1.165, 1.54) is 0 Å². The number of alkyl carbamates (subject to hydrolysis) is 1. The maximum Gasteiger partial charge on any atom is 0.416 e. The van der Waals surface area contributed by atoms with Gasteiger partial charge in [-0.05, 0) is 12.1 Å². The zero-order chi connectivity index (χ0) is 13.5. The van der Waals surface area contributed by atoms with Crippen molar-refractivity contribution >= 4 is 17.7 Å². The number of halogens is 5. The summed E-state index contributed by atoms with van der Waals surface area (Å²) in [5.74, 6) is -1.000. The van der Waals surface area contributed by atoms with E-state index in [-0.39, 0.29) is 12.2 Å². The third-order valence-electron chi connectivity index (χ3n) is 2.43. The van der Waals surface area contributed by atoms with Gasteiger partial charge in [-0.25, -0.2) is 9.18 Å². The molecule has 3 nitrogen and oxygen atoms in total. The molecule has 1 N–H and O–H groups in total. The minimum Gasteiger partial charge on any atom is -0.447 e. The average Bonchev–Trinajstić information content (AvgIpc) is 2.67. The van der Waals surface area contributed by atoms with E-state index in [1.807, 2.05) is 0 Å². The molecule has 1 aliphatic heterocycles. The fourth-order valence-corrected chi connectivity index (χ4v) is 1.81. The lowest BCUT2D eigenvalue weighted by Crippen LogP contribution is -2.20. The molecule has 1 amide bonds. The third kappa shape index (κ3) is 2.35. The first-order valence-corrected chi connectivity index (χ1v) is 5.16. The summed E-state index contributed by atoms with van der Waals surface area (Å²) in [5, 5.41) is 1.54. The van der Waals surface area contributed by atoms with Crippen LogP contribution in [0.15, 0.2) is 12.1 Å². The highest BCUT2D eigenvalue weighted by molar-refractivity contribution is 6.30. The Kier molecular flexibility index (Phi) is 3.10. The Morgan fingerprint density at radius 2 is 2.06 bits per heavy atom. The van der Waals surface area contributed by atoms with Crippen LogP contribution < -0.4 is 5.32 Å².